The average Bonchev–Trinajstić information content (AvgIpc) is 3.20. The second-order valence-electron chi connectivity index (χ2n) is 8.34. The molecule has 6 nitrogen and oxygen atoms in total. The van der Waals surface area contributed by atoms with Crippen LogP contribution in [-0.2, 0) is 22.6 Å². The Balaban J connectivity index is 1.44. The van der Waals surface area contributed by atoms with Crippen molar-refractivity contribution in [3.8, 4) is 0 Å². The van der Waals surface area contributed by atoms with Crippen molar-refractivity contribution in [2.45, 2.75) is 77.3 Å². The van der Waals surface area contributed by atoms with E-state index < -0.39 is 0 Å². The summed E-state index contributed by atoms with van der Waals surface area (Å²) in [6, 6.07) is 0.00331. The van der Waals surface area contributed by atoms with Gasteiger partial charge in [0.2, 0.25) is 11.8 Å². The van der Waals surface area contributed by atoms with Crippen LogP contribution in [0, 0.1) is 5.92 Å². The maximum atomic E-state index is 12.6. The first kappa shape index (κ1) is 18.4. The molecule has 6 heteroatoms. The summed E-state index contributed by atoms with van der Waals surface area (Å²) in [4.78, 5) is 37.9. The van der Waals surface area contributed by atoms with Crippen LogP contribution in [0.1, 0.15) is 81.4 Å². The molecule has 27 heavy (non-hydrogen) atoms. The lowest BCUT2D eigenvalue weighted by molar-refractivity contribution is -0.134. The van der Waals surface area contributed by atoms with E-state index in [-0.39, 0.29) is 17.9 Å². The molecule has 2 fully saturated rings. The summed E-state index contributed by atoms with van der Waals surface area (Å²) in [7, 11) is 0. The highest BCUT2D eigenvalue weighted by Crippen LogP contribution is 2.31. The topological polar surface area (TPSA) is 66.4 Å². The monoisotopic (exact) mass is 370 g/mol. The van der Waals surface area contributed by atoms with Gasteiger partial charge in [-0.05, 0) is 38.0 Å². The maximum absolute atomic E-state index is 12.6. The van der Waals surface area contributed by atoms with E-state index in [1.807, 2.05) is 16.0 Å². The van der Waals surface area contributed by atoms with Gasteiger partial charge in [0.25, 0.3) is 0 Å². The summed E-state index contributed by atoms with van der Waals surface area (Å²) in [6.45, 7) is 3.80. The molecule has 3 heterocycles. The largest absolute Gasteiger partial charge is 0.338 e. The van der Waals surface area contributed by atoms with Gasteiger partial charge in [0, 0.05) is 51.2 Å². The summed E-state index contributed by atoms with van der Waals surface area (Å²) < 4.78 is 0. The van der Waals surface area contributed by atoms with Gasteiger partial charge in [-0.1, -0.05) is 12.8 Å². The number of hydrogen-bond donors (Lipinski definition) is 0. The molecule has 2 amide bonds. The third-order valence-corrected chi connectivity index (χ3v) is 6.45. The second-order valence-corrected chi connectivity index (χ2v) is 8.34. The van der Waals surface area contributed by atoms with Crippen LogP contribution in [0.2, 0.25) is 0 Å². The normalized spacial score (nSPS) is 23.4. The van der Waals surface area contributed by atoms with Crippen molar-refractivity contribution in [2.24, 2.45) is 5.92 Å². The minimum absolute atomic E-state index is 0.00331. The molecule has 0 bridgehead atoms. The van der Waals surface area contributed by atoms with Crippen LogP contribution in [0.3, 0.4) is 0 Å². The molecular weight excluding hydrogens is 340 g/mol. The second kappa shape index (κ2) is 7.95. The van der Waals surface area contributed by atoms with Crippen molar-refractivity contribution < 1.29 is 9.59 Å². The zero-order valence-electron chi connectivity index (χ0n) is 16.3. The van der Waals surface area contributed by atoms with Crippen LogP contribution < -0.4 is 0 Å². The molecular formula is C21H30N4O2. The highest BCUT2D eigenvalue weighted by atomic mass is 16.2. The average molecular weight is 370 g/mol. The SMILES string of the molecule is CC(=O)N1CCCCC1c1ncc2c(n1)CCN(C(=O)CC1CCCC1)C2. The van der Waals surface area contributed by atoms with Gasteiger partial charge < -0.3 is 9.80 Å². The third kappa shape index (κ3) is 3.99. The lowest BCUT2D eigenvalue weighted by Crippen LogP contribution is -2.39. The predicted molar refractivity (Wildman–Crippen MR) is 102 cm³/mol. The van der Waals surface area contributed by atoms with Crippen molar-refractivity contribution in [3.05, 3.63) is 23.3 Å². The van der Waals surface area contributed by atoms with Gasteiger partial charge in [-0.25, -0.2) is 9.97 Å². The lowest BCUT2D eigenvalue weighted by Gasteiger charge is -2.35. The van der Waals surface area contributed by atoms with Gasteiger partial charge in [-0.15, -0.1) is 0 Å². The summed E-state index contributed by atoms with van der Waals surface area (Å²) in [5, 5.41) is 0. The first-order valence-corrected chi connectivity index (χ1v) is 10.5. The van der Waals surface area contributed by atoms with Crippen LogP contribution in [0.15, 0.2) is 6.20 Å². The molecule has 1 aromatic rings. The van der Waals surface area contributed by atoms with E-state index in [2.05, 4.69) is 4.98 Å². The Labute approximate surface area is 161 Å². The molecule has 1 saturated carbocycles. The fraction of sp³-hybridized carbons (Fsp3) is 0.714. The Kier molecular flexibility index (Phi) is 5.41. The molecule has 1 aromatic heterocycles. The Morgan fingerprint density at radius 2 is 1.89 bits per heavy atom. The van der Waals surface area contributed by atoms with Crippen molar-refractivity contribution in [3.63, 3.8) is 0 Å². The van der Waals surface area contributed by atoms with Crippen LogP contribution in [0.5, 0.6) is 0 Å². The smallest absolute Gasteiger partial charge is 0.223 e. The van der Waals surface area contributed by atoms with Gasteiger partial charge in [0.15, 0.2) is 5.82 Å². The van der Waals surface area contributed by atoms with Crippen LogP contribution in [-0.4, -0.2) is 44.7 Å². The number of rotatable bonds is 3. The molecule has 0 spiro atoms. The van der Waals surface area contributed by atoms with E-state index in [0.29, 0.717) is 18.9 Å². The summed E-state index contributed by atoms with van der Waals surface area (Å²) >= 11 is 0. The summed E-state index contributed by atoms with van der Waals surface area (Å²) in [6.07, 6.45) is 11.4. The number of carbonyl (C=O) groups excluding carboxylic acids is 2. The minimum Gasteiger partial charge on any atom is -0.338 e. The number of hydrogen-bond acceptors (Lipinski definition) is 4. The standard InChI is InChI=1S/C21H30N4O2/c1-15(26)25-10-5-4-8-19(25)21-22-13-17-14-24(11-9-18(17)23-21)20(27)12-16-6-2-3-7-16/h13,16,19H,2-12,14H2,1H3. The molecule has 146 valence electrons. The third-order valence-electron chi connectivity index (χ3n) is 6.45. The van der Waals surface area contributed by atoms with Crippen molar-refractivity contribution >= 4 is 11.8 Å². The maximum Gasteiger partial charge on any atom is 0.223 e. The number of fused-ring (bicyclic) bond motifs is 1. The fourth-order valence-corrected chi connectivity index (χ4v) is 4.87. The first-order chi connectivity index (χ1) is 13.1. The molecule has 1 aliphatic carbocycles. The van der Waals surface area contributed by atoms with E-state index in [1.165, 1.54) is 25.7 Å². The van der Waals surface area contributed by atoms with E-state index in [0.717, 1.165) is 55.9 Å². The molecule has 1 atom stereocenters. The molecule has 1 saturated heterocycles. The lowest BCUT2D eigenvalue weighted by atomic mass is 9.99. The molecule has 4 rings (SSSR count). The zero-order valence-corrected chi connectivity index (χ0v) is 16.3. The van der Waals surface area contributed by atoms with E-state index in [4.69, 9.17) is 4.98 Å². The Morgan fingerprint density at radius 1 is 1.11 bits per heavy atom. The molecule has 3 aliphatic rings. The number of amides is 2. The van der Waals surface area contributed by atoms with Crippen LogP contribution in [0.4, 0.5) is 0 Å². The zero-order chi connectivity index (χ0) is 18.8. The fourth-order valence-electron chi connectivity index (χ4n) is 4.87. The molecule has 1 unspecified atom stereocenters. The van der Waals surface area contributed by atoms with Gasteiger partial charge in [-0.3, -0.25) is 9.59 Å². The minimum atomic E-state index is 0.00331. The van der Waals surface area contributed by atoms with Gasteiger partial charge in [-0.2, -0.15) is 0 Å². The number of piperidine rings is 1. The highest BCUT2D eigenvalue weighted by Gasteiger charge is 2.30. The van der Waals surface area contributed by atoms with Gasteiger partial charge in [0.05, 0.1) is 11.7 Å². The van der Waals surface area contributed by atoms with Crippen LogP contribution >= 0.6 is 0 Å². The summed E-state index contributed by atoms with van der Waals surface area (Å²) in [5.74, 6) is 1.74. The number of aromatic nitrogens is 2. The predicted octanol–water partition coefficient (Wildman–Crippen LogP) is 3.02. The Hall–Kier alpha value is -1.98. The number of likely N-dealkylation sites (tertiary alicyclic amines) is 1. The molecule has 0 N–H and O–H groups in total. The molecule has 0 aromatic carbocycles. The first-order valence-electron chi connectivity index (χ1n) is 10.5. The molecule has 0 radical (unpaired) electrons. The van der Waals surface area contributed by atoms with E-state index in [1.54, 1.807) is 6.92 Å². The van der Waals surface area contributed by atoms with E-state index >= 15 is 0 Å². The number of carbonyl (C=O) groups is 2. The van der Waals surface area contributed by atoms with Crippen molar-refractivity contribution in [1.82, 2.24) is 19.8 Å². The highest BCUT2D eigenvalue weighted by molar-refractivity contribution is 5.76. The van der Waals surface area contributed by atoms with E-state index in [9.17, 15) is 9.59 Å². The van der Waals surface area contributed by atoms with Crippen LogP contribution in [0.25, 0.3) is 0 Å². The Morgan fingerprint density at radius 3 is 2.67 bits per heavy atom. The van der Waals surface area contributed by atoms with Crippen molar-refractivity contribution in [2.75, 3.05) is 13.1 Å². The Bertz CT molecular complexity index is 714. The number of nitrogens with zero attached hydrogens (tertiary/aromatic N) is 4. The van der Waals surface area contributed by atoms with Crippen molar-refractivity contribution in [1.29, 1.82) is 0 Å². The van der Waals surface area contributed by atoms with Gasteiger partial charge >= 0.3 is 0 Å². The summed E-state index contributed by atoms with van der Waals surface area (Å²) in [5.41, 5.74) is 2.12. The molecule has 2 aliphatic heterocycles. The quantitative estimate of drug-likeness (QED) is 0.820. The van der Waals surface area contributed by atoms with Gasteiger partial charge in [0.1, 0.15) is 0 Å².